The van der Waals surface area contributed by atoms with E-state index in [2.05, 4.69) is 10.6 Å². The fraction of sp³-hybridized carbons (Fsp3) is 0.294. The van der Waals surface area contributed by atoms with E-state index in [1.54, 1.807) is 47.8 Å². The molecule has 2 aromatic rings. The zero-order valence-corrected chi connectivity index (χ0v) is 15.4. The second kappa shape index (κ2) is 8.77. The van der Waals surface area contributed by atoms with Gasteiger partial charge in [0.05, 0.1) is 4.90 Å². The van der Waals surface area contributed by atoms with Crippen LogP contribution in [-0.4, -0.2) is 33.3 Å². The Kier molecular flexibility index (Phi) is 6.72. The van der Waals surface area contributed by atoms with Gasteiger partial charge in [-0.2, -0.15) is 0 Å². The van der Waals surface area contributed by atoms with E-state index in [4.69, 9.17) is 0 Å². The lowest BCUT2D eigenvalue weighted by Gasteiger charge is -2.17. The summed E-state index contributed by atoms with van der Waals surface area (Å²) in [4.78, 5) is 23.6. The number of nitrogens with one attached hydrogen (secondary N) is 2. The predicted octanol–water partition coefficient (Wildman–Crippen LogP) is 1.91. The van der Waals surface area contributed by atoms with Gasteiger partial charge in [-0.05, 0) is 23.6 Å². The molecule has 0 aliphatic rings. The highest BCUT2D eigenvalue weighted by Gasteiger charge is 2.30. The highest BCUT2D eigenvalue weighted by atomic mass is 32.2. The Morgan fingerprint density at radius 3 is 2.40 bits per heavy atom. The Morgan fingerprint density at radius 2 is 1.80 bits per heavy atom. The second-order valence-electron chi connectivity index (χ2n) is 5.40. The van der Waals surface area contributed by atoms with Crippen molar-refractivity contribution in [2.45, 2.75) is 23.5 Å². The molecule has 2 N–H and O–H groups in total. The summed E-state index contributed by atoms with van der Waals surface area (Å²) in [6.45, 7) is 1.57. The molecule has 0 bridgehead atoms. The standard InChI is InChI=1S/C17H20N2O4S2/c1-13(20)18-10-9-17(21)19-12-16(15-8-5-11-24-15)25(22,23)14-6-3-2-4-7-14/h2-8,11,16H,9-10,12H2,1H3,(H,18,20)(H,19,21). The van der Waals surface area contributed by atoms with Crippen molar-refractivity contribution in [1.82, 2.24) is 10.6 Å². The van der Waals surface area contributed by atoms with E-state index in [1.807, 2.05) is 0 Å². The van der Waals surface area contributed by atoms with Crippen molar-refractivity contribution in [2.24, 2.45) is 0 Å². The Morgan fingerprint density at radius 1 is 1.08 bits per heavy atom. The van der Waals surface area contributed by atoms with Crippen molar-refractivity contribution in [1.29, 1.82) is 0 Å². The number of carbonyl (C=O) groups is 2. The fourth-order valence-corrected chi connectivity index (χ4v) is 5.06. The third-order valence-corrected chi connectivity index (χ3v) is 6.75. The van der Waals surface area contributed by atoms with Gasteiger partial charge in [-0.1, -0.05) is 24.3 Å². The van der Waals surface area contributed by atoms with Gasteiger partial charge in [0.2, 0.25) is 11.8 Å². The normalized spacial score (nSPS) is 12.4. The van der Waals surface area contributed by atoms with Crippen molar-refractivity contribution in [3.05, 3.63) is 52.7 Å². The van der Waals surface area contributed by atoms with Gasteiger partial charge < -0.3 is 10.6 Å². The molecule has 0 radical (unpaired) electrons. The number of benzene rings is 1. The first-order valence-electron chi connectivity index (χ1n) is 7.74. The Bertz CT molecular complexity index is 802. The average Bonchev–Trinajstić information content (AvgIpc) is 3.09. The van der Waals surface area contributed by atoms with Crippen molar-refractivity contribution in [3.63, 3.8) is 0 Å². The van der Waals surface area contributed by atoms with E-state index in [1.165, 1.54) is 18.3 Å². The summed E-state index contributed by atoms with van der Waals surface area (Å²) >= 11 is 1.34. The van der Waals surface area contributed by atoms with Gasteiger partial charge in [0.25, 0.3) is 0 Å². The number of thiophene rings is 1. The van der Waals surface area contributed by atoms with Crippen molar-refractivity contribution in [2.75, 3.05) is 13.1 Å². The van der Waals surface area contributed by atoms with Crippen molar-refractivity contribution < 1.29 is 18.0 Å². The number of hydrogen-bond acceptors (Lipinski definition) is 5. The molecule has 1 atom stereocenters. The van der Waals surface area contributed by atoms with Crippen LogP contribution in [-0.2, 0) is 19.4 Å². The zero-order valence-electron chi connectivity index (χ0n) is 13.8. The molecule has 1 aromatic carbocycles. The van der Waals surface area contributed by atoms with Crippen LogP contribution in [0.15, 0.2) is 52.7 Å². The van der Waals surface area contributed by atoms with Crippen LogP contribution in [0.2, 0.25) is 0 Å². The van der Waals surface area contributed by atoms with Crippen LogP contribution in [0, 0.1) is 0 Å². The van der Waals surface area contributed by atoms with Gasteiger partial charge in [0.15, 0.2) is 9.84 Å². The number of amides is 2. The summed E-state index contributed by atoms with van der Waals surface area (Å²) in [6.07, 6.45) is 0.0993. The quantitative estimate of drug-likeness (QED) is 0.732. The third-order valence-electron chi connectivity index (χ3n) is 3.52. The first-order valence-corrected chi connectivity index (χ1v) is 10.2. The molecule has 8 heteroatoms. The minimum absolute atomic E-state index is 0.0172. The minimum atomic E-state index is -3.63. The van der Waals surface area contributed by atoms with E-state index in [0.29, 0.717) is 4.88 Å². The van der Waals surface area contributed by atoms with Crippen LogP contribution in [0.4, 0.5) is 0 Å². The van der Waals surface area contributed by atoms with Crippen LogP contribution in [0.3, 0.4) is 0 Å². The lowest BCUT2D eigenvalue weighted by molar-refractivity contribution is -0.121. The second-order valence-corrected chi connectivity index (χ2v) is 8.51. The largest absolute Gasteiger partial charge is 0.356 e. The lowest BCUT2D eigenvalue weighted by Crippen LogP contribution is -2.34. The molecule has 1 unspecified atom stereocenters. The molecule has 2 rings (SSSR count). The maximum atomic E-state index is 12.9. The maximum Gasteiger partial charge on any atom is 0.221 e. The van der Waals surface area contributed by atoms with Gasteiger partial charge in [-0.15, -0.1) is 11.3 Å². The first kappa shape index (κ1) is 19.1. The Balaban J connectivity index is 2.10. The van der Waals surface area contributed by atoms with Gasteiger partial charge in [-0.25, -0.2) is 8.42 Å². The number of hydrogen-bond donors (Lipinski definition) is 2. The highest BCUT2D eigenvalue weighted by Crippen LogP contribution is 2.31. The molecule has 0 aliphatic heterocycles. The van der Waals surface area contributed by atoms with Gasteiger partial charge in [0.1, 0.15) is 5.25 Å². The lowest BCUT2D eigenvalue weighted by atomic mass is 10.3. The monoisotopic (exact) mass is 380 g/mol. The molecule has 0 aliphatic carbocycles. The number of sulfone groups is 1. The molecule has 2 amide bonds. The smallest absolute Gasteiger partial charge is 0.221 e. The minimum Gasteiger partial charge on any atom is -0.356 e. The van der Waals surface area contributed by atoms with Crippen LogP contribution in [0.25, 0.3) is 0 Å². The van der Waals surface area contributed by atoms with Gasteiger partial charge in [-0.3, -0.25) is 9.59 Å². The van der Waals surface area contributed by atoms with Crippen LogP contribution >= 0.6 is 11.3 Å². The summed E-state index contributed by atoms with van der Waals surface area (Å²) in [6, 6.07) is 11.7. The van der Waals surface area contributed by atoms with Gasteiger partial charge in [0, 0.05) is 31.3 Å². The van der Waals surface area contributed by atoms with E-state index < -0.39 is 15.1 Å². The van der Waals surface area contributed by atoms with E-state index in [-0.39, 0.29) is 36.2 Å². The number of rotatable bonds is 8. The topological polar surface area (TPSA) is 92.3 Å². The highest BCUT2D eigenvalue weighted by molar-refractivity contribution is 7.91. The first-order chi connectivity index (χ1) is 11.9. The molecule has 134 valence electrons. The summed E-state index contributed by atoms with van der Waals surface area (Å²) in [5.41, 5.74) is 0. The average molecular weight is 380 g/mol. The van der Waals surface area contributed by atoms with E-state index in [0.717, 1.165) is 0 Å². The third kappa shape index (κ3) is 5.40. The number of carbonyl (C=O) groups excluding carboxylic acids is 2. The summed E-state index contributed by atoms with van der Waals surface area (Å²) in [5, 5.41) is 6.15. The zero-order chi connectivity index (χ0) is 18.3. The Labute approximate surface area is 151 Å². The molecule has 0 saturated heterocycles. The maximum absolute atomic E-state index is 12.9. The predicted molar refractivity (Wildman–Crippen MR) is 97.0 cm³/mol. The molecular formula is C17H20N2O4S2. The van der Waals surface area contributed by atoms with Crippen molar-refractivity contribution >= 4 is 33.0 Å². The summed E-state index contributed by atoms with van der Waals surface area (Å²) < 4.78 is 25.9. The molecule has 6 nitrogen and oxygen atoms in total. The van der Waals surface area contributed by atoms with E-state index >= 15 is 0 Å². The fourth-order valence-electron chi connectivity index (χ4n) is 2.26. The van der Waals surface area contributed by atoms with E-state index in [9.17, 15) is 18.0 Å². The Hall–Kier alpha value is -2.19. The SMILES string of the molecule is CC(=O)NCCC(=O)NCC(c1cccs1)S(=O)(=O)c1ccccc1. The summed E-state index contributed by atoms with van der Waals surface area (Å²) in [5.74, 6) is -0.519. The molecule has 1 aromatic heterocycles. The molecule has 0 fully saturated rings. The molecular weight excluding hydrogens is 360 g/mol. The molecule has 1 heterocycles. The molecule has 25 heavy (non-hydrogen) atoms. The molecule has 0 saturated carbocycles. The van der Waals surface area contributed by atoms with Crippen LogP contribution in [0.1, 0.15) is 23.5 Å². The van der Waals surface area contributed by atoms with Crippen molar-refractivity contribution in [3.8, 4) is 0 Å². The summed E-state index contributed by atoms with van der Waals surface area (Å²) in [7, 11) is -3.63. The van der Waals surface area contributed by atoms with Crippen LogP contribution < -0.4 is 10.6 Å². The van der Waals surface area contributed by atoms with Crippen LogP contribution in [0.5, 0.6) is 0 Å². The molecule has 0 spiro atoms. The van der Waals surface area contributed by atoms with Gasteiger partial charge >= 0.3 is 0 Å².